The molecule has 6 nitrogen and oxygen atoms in total. The summed E-state index contributed by atoms with van der Waals surface area (Å²) in [5.74, 6) is -1.19. The van der Waals surface area contributed by atoms with Gasteiger partial charge in [0.15, 0.2) is 0 Å². The molecule has 0 radical (unpaired) electrons. The average Bonchev–Trinajstić information content (AvgIpc) is 2.77. The third-order valence-electron chi connectivity index (χ3n) is 2.44. The molecule has 0 fully saturated rings. The molecule has 0 saturated carbocycles. The Hall–Kier alpha value is -1.63. The minimum absolute atomic E-state index is 0.167. The highest BCUT2D eigenvalue weighted by Gasteiger charge is 2.24. The molecule has 0 spiro atoms. The molecule has 0 bridgehead atoms. The van der Waals surface area contributed by atoms with E-state index in [0.717, 1.165) is 5.69 Å². The number of hydrogen-bond acceptors (Lipinski definition) is 4. The van der Waals surface area contributed by atoms with E-state index in [1.807, 2.05) is 5.38 Å². The van der Waals surface area contributed by atoms with Crippen molar-refractivity contribution in [3.63, 3.8) is 0 Å². The maximum Gasteiger partial charge on any atom is 0.326 e. The van der Waals surface area contributed by atoms with Gasteiger partial charge in [-0.2, -0.15) is 0 Å². The second kappa shape index (κ2) is 6.34. The second-order valence-electron chi connectivity index (χ2n) is 4.35. The normalized spacial score (nSPS) is 12.2. The molecular weight excluding hydrogens is 254 g/mol. The Bertz CT molecular complexity index is 406. The first kappa shape index (κ1) is 14.4. The summed E-state index contributed by atoms with van der Waals surface area (Å²) < 4.78 is 0. The van der Waals surface area contributed by atoms with Crippen LogP contribution in [0.25, 0.3) is 0 Å². The lowest BCUT2D eigenvalue weighted by Gasteiger charge is -2.22. The lowest BCUT2D eigenvalue weighted by molar-refractivity contribution is -0.140. The lowest BCUT2D eigenvalue weighted by atomic mass is 10.1. The number of carboxylic acid groups (broad SMARTS) is 1. The highest BCUT2D eigenvalue weighted by atomic mass is 32.1. The maximum absolute atomic E-state index is 11.8. The molecule has 100 valence electrons. The zero-order valence-electron chi connectivity index (χ0n) is 10.6. The summed E-state index contributed by atoms with van der Waals surface area (Å²) in [5.41, 5.74) is 2.48. The third kappa shape index (κ3) is 3.99. The van der Waals surface area contributed by atoms with E-state index in [9.17, 15) is 9.59 Å². The van der Waals surface area contributed by atoms with Crippen LogP contribution in [0.5, 0.6) is 0 Å². The molecule has 18 heavy (non-hydrogen) atoms. The second-order valence-corrected chi connectivity index (χ2v) is 5.06. The van der Waals surface area contributed by atoms with Crippen LogP contribution < -0.4 is 5.32 Å². The number of aromatic nitrogens is 1. The van der Waals surface area contributed by atoms with Crippen molar-refractivity contribution in [3.8, 4) is 0 Å². The van der Waals surface area contributed by atoms with Crippen molar-refractivity contribution in [2.45, 2.75) is 26.4 Å². The van der Waals surface area contributed by atoms with E-state index in [-0.39, 0.29) is 5.92 Å². The first-order valence-electron chi connectivity index (χ1n) is 5.53. The van der Waals surface area contributed by atoms with E-state index in [0.29, 0.717) is 6.54 Å². The predicted molar refractivity (Wildman–Crippen MR) is 68.4 cm³/mol. The van der Waals surface area contributed by atoms with Crippen LogP contribution >= 0.6 is 11.3 Å². The number of nitrogens with one attached hydrogen (secondary N) is 1. The summed E-state index contributed by atoms with van der Waals surface area (Å²) in [6.07, 6.45) is 0. The number of nitrogens with zero attached hydrogens (tertiary/aromatic N) is 2. The fraction of sp³-hybridized carbons (Fsp3) is 0.545. The predicted octanol–water partition coefficient (Wildman–Crippen LogP) is 1.39. The number of carbonyl (C=O) groups is 2. The van der Waals surface area contributed by atoms with Gasteiger partial charge < -0.3 is 15.3 Å². The number of hydrogen-bond donors (Lipinski definition) is 2. The van der Waals surface area contributed by atoms with E-state index in [1.54, 1.807) is 26.4 Å². The molecule has 1 aromatic heterocycles. The van der Waals surface area contributed by atoms with Crippen LogP contribution in [-0.2, 0) is 11.3 Å². The van der Waals surface area contributed by atoms with Gasteiger partial charge in [0.05, 0.1) is 17.7 Å². The molecule has 0 saturated heterocycles. The summed E-state index contributed by atoms with van der Waals surface area (Å²) in [7, 11) is 1.61. The first-order valence-corrected chi connectivity index (χ1v) is 6.47. The summed E-state index contributed by atoms with van der Waals surface area (Å²) in [4.78, 5) is 28.3. The van der Waals surface area contributed by atoms with Crippen LogP contribution in [0.1, 0.15) is 19.5 Å². The van der Waals surface area contributed by atoms with Crippen LogP contribution in [0.3, 0.4) is 0 Å². The molecule has 0 unspecified atom stereocenters. The SMILES string of the molecule is CC(C)[C@H](NC(=O)N(C)Cc1cscn1)C(=O)O. The molecule has 1 atom stereocenters. The number of rotatable bonds is 5. The standard InChI is InChI=1S/C11H17N3O3S/c1-7(2)9(10(15)16)13-11(17)14(3)4-8-5-18-6-12-8/h5-7,9H,4H2,1-3H3,(H,13,17)(H,15,16)/t9-/m0/s1. The lowest BCUT2D eigenvalue weighted by Crippen LogP contribution is -2.48. The number of carbonyl (C=O) groups excluding carboxylic acids is 1. The zero-order valence-corrected chi connectivity index (χ0v) is 11.4. The van der Waals surface area contributed by atoms with Gasteiger partial charge in [0, 0.05) is 12.4 Å². The summed E-state index contributed by atoms with van der Waals surface area (Å²) >= 11 is 1.45. The Morgan fingerprint density at radius 3 is 2.67 bits per heavy atom. The molecular formula is C11H17N3O3S. The van der Waals surface area contributed by atoms with Gasteiger partial charge in [-0.05, 0) is 5.92 Å². The minimum atomic E-state index is -1.03. The van der Waals surface area contributed by atoms with Gasteiger partial charge in [-0.25, -0.2) is 14.6 Å². The first-order chi connectivity index (χ1) is 8.41. The fourth-order valence-electron chi connectivity index (χ4n) is 1.39. The van der Waals surface area contributed by atoms with E-state index < -0.39 is 18.0 Å². The molecule has 1 heterocycles. The van der Waals surface area contributed by atoms with E-state index in [2.05, 4.69) is 10.3 Å². The third-order valence-corrected chi connectivity index (χ3v) is 3.08. The van der Waals surface area contributed by atoms with Gasteiger partial charge in [-0.15, -0.1) is 11.3 Å². The van der Waals surface area contributed by atoms with Crippen LogP contribution in [-0.4, -0.2) is 40.1 Å². The molecule has 7 heteroatoms. The number of urea groups is 1. The Morgan fingerprint density at radius 2 is 2.22 bits per heavy atom. The van der Waals surface area contributed by atoms with Gasteiger partial charge in [0.2, 0.25) is 0 Å². The molecule has 0 aliphatic heterocycles. The quantitative estimate of drug-likeness (QED) is 0.848. The van der Waals surface area contributed by atoms with Gasteiger partial charge in [0.25, 0.3) is 0 Å². The number of aliphatic carboxylic acids is 1. The highest BCUT2D eigenvalue weighted by molar-refractivity contribution is 7.07. The van der Waals surface area contributed by atoms with Crippen LogP contribution in [0.15, 0.2) is 10.9 Å². The summed E-state index contributed by atoms with van der Waals surface area (Å²) in [6, 6.07) is -1.29. The van der Waals surface area contributed by atoms with Gasteiger partial charge in [0.1, 0.15) is 6.04 Å². The van der Waals surface area contributed by atoms with Gasteiger partial charge in [-0.1, -0.05) is 13.8 Å². The molecule has 2 N–H and O–H groups in total. The minimum Gasteiger partial charge on any atom is -0.480 e. The zero-order chi connectivity index (χ0) is 13.7. The van der Waals surface area contributed by atoms with Crippen LogP contribution in [0, 0.1) is 5.92 Å². The molecule has 0 aliphatic rings. The van der Waals surface area contributed by atoms with Crippen molar-refractivity contribution in [1.29, 1.82) is 0 Å². The highest BCUT2D eigenvalue weighted by Crippen LogP contribution is 2.06. The van der Waals surface area contributed by atoms with Crippen molar-refractivity contribution in [2.24, 2.45) is 5.92 Å². The van der Waals surface area contributed by atoms with Gasteiger partial charge in [-0.3, -0.25) is 0 Å². The molecule has 2 amide bonds. The monoisotopic (exact) mass is 271 g/mol. The van der Waals surface area contributed by atoms with Crippen molar-refractivity contribution in [3.05, 3.63) is 16.6 Å². The average molecular weight is 271 g/mol. The molecule has 0 aliphatic carbocycles. The Labute approximate surface area is 110 Å². The number of thiazole rings is 1. The van der Waals surface area contributed by atoms with Crippen molar-refractivity contribution in [1.82, 2.24) is 15.2 Å². The van der Waals surface area contributed by atoms with Crippen molar-refractivity contribution >= 4 is 23.3 Å². The summed E-state index contributed by atoms with van der Waals surface area (Å²) in [6.45, 7) is 3.86. The van der Waals surface area contributed by atoms with E-state index in [1.165, 1.54) is 16.2 Å². The van der Waals surface area contributed by atoms with Crippen LogP contribution in [0.2, 0.25) is 0 Å². The van der Waals surface area contributed by atoms with E-state index in [4.69, 9.17) is 5.11 Å². The van der Waals surface area contributed by atoms with Crippen molar-refractivity contribution in [2.75, 3.05) is 7.05 Å². The number of amides is 2. The Balaban J connectivity index is 2.56. The molecule has 1 rings (SSSR count). The topological polar surface area (TPSA) is 82.5 Å². The van der Waals surface area contributed by atoms with Crippen molar-refractivity contribution < 1.29 is 14.7 Å². The molecule has 1 aromatic rings. The number of carboxylic acids is 1. The van der Waals surface area contributed by atoms with E-state index >= 15 is 0 Å². The van der Waals surface area contributed by atoms with Crippen LogP contribution in [0.4, 0.5) is 4.79 Å². The molecule has 0 aromatic carbocycles. The fourth-order valence-corrected chi connectivity index (χ4v) is 1.94. The maximum atomic E-state index is 11.8. The Kier molecular flexibility index (Phi) is 5.08. The largest absolute Gasteiger partial charge is 0.480 e. The Morgan fingerprint density at radius 1 is 1.56 bits per heavy atom. The smallest absolute Gasteiger partial charge is 0.326 e. The summed E-state index contributed by atoms with van der Waals surface area (Å²) in [5, 5.41) is 13.3. The van der Waals surface area contributed by atoms with Gasteiger partial charge >= 0.3 is 12.0 Å².